The number of fused-ring (bicyclic) bond motifs is 4. The van der Waals surface area contributed by atoms with Crippen LogP contribution in [0.3, 0.4) is 0 Å². The van der Waals surface area contributed by atoms with Gasteiger partial charge in [0.2, 0.25) is 5.91 Å². The summed E-state index contributed by atoms with van der Waals surface area (Å²) < 4.78 is 7.50. The Morgan fingerprint density at radius 2 is 2.19 bits per heavy atom. The summed E-state index contributed by atoms with van der Waals surface area (Å²) in [4.78, 5) is 16.6. The van der Waals surface area contributed by atoms with E-state index in [2.05, 4.69) is 42.3 Å². The van der Waals surface area contributed by atoms with Gasteiger partial charge in [-0.05, 0) is 37.7 Å². The Morgan fingerprint density at radius 1 is 1.31 bits per heavy atom. The number of carbonyl (C=O) groups excluding carboxylic acids is 1. The second-order valence-electron chi connectivity index (χ2n) is 8.69. The minimum Gasteiger partial charge on any atom is -0.378 e. The summed E-state index contributed by atoms with van der Waals surface area (Å²) in [5.74, 6) is 8.46. The molecule has 2 aliphatic carbocycles. The molecule has 1 amide bonds. The smallest absolute Gasteiger partial charge is 0.228 e. The van der Waals surface area contributed by atoms with Crippen LogP contribution >= 0.6 is 0 Å². The SMILES string of the molecule is CNc1ncc(C#Cc2c(COC)nn3c2C[C@H]2C[C@H]23)c2cc(NC(=O)C3CC3)nnc12. The summed E-state index contributed by atoms with van der Waals surface area (Å²) in [6.45, 7) is 0.432. The average molecular weight is 429 g/mol. The zero-order chi connectivity index (χ0) is 21.8. The molecule has 1 aliphatic heterocycles. The number of nitrogens with zero attached hydrogens (tertiary/aromatic N) is 5. The molecule has 3 aliphatic rings. The number of pyridine rings is 1. The lowest BCUT2D eigenvalue weighted by Crippen LogP contribution is -2.15. The maximum absolute atomic E-state index is 12.2. The molecule has 2 atom stereocenters. The normalized spacial score (nSPS) is 20.3. The van der Waals surface area contributed by atoms with E-state index < -0.39 is 0 Å². The molecule has 6 rings (SSSR count). The van der Waals surface area contributed by atoms with Crippen molar-refractivity contribution in [3.05, 3.63) is 34.8 Å². The van der Waals surface area contributed by atoms with Gasteiger partial charge in [0.15, 0.2) is 11.6 Å². The molecule has 0 bridgehead atoms. The van der Waals surface area contributed by atoms with E-state index >= 15 is 0 Å². The van der Waals surface area contributed by atoms with Crippen molar-refractivity contribution in [2.75, 3.05) is 24.8 Å². The maximum Gasteiger partial charge on any atom is 0.228 e. The van der Waals surface area contributed by atoms with Gasteiger partial charge in [-0.3, -0.25) is 9.48 Å². The second-order valence-corrected chi connectivity index (χ2v) is 8.69. The molecule has 0 spiro atoms. The fraction of sp³-hybridized carbons (Fsp3) is 0.435. The highest BCUT2D eigenvalue weighted by molar-refractivity contribution is 5.97. The van der Waals surface area contributed by atoms with Crippen LogP contribution in [0.2, 0.25) is 0 Å². The molecule has 32 heavy (non-hydrogen) atoms. The monoisotopic (exact) mass is 429 g/mol. The minimum atomic E-state index is -0.00704. The molecule has 4 heterocycles. The van der Waals surface area contributed by atoms with Crippen molar-refractivity contribution in [2.24, 2.45) is 11.8 Å². The molecule has 0 aromatic carbocycles. The van der Waals surface area contributed by atoms with Gasteiger partial charge in [-0.2, -0.15) is 5.10 Å². The number of nitrogens with one attached hydrogen (secondary N) is 2. The number of anilines is 2. The number of amides is 1. The Balaban J connectivity index is 1.41. The van der Waals surface area contributed by atoms with E-state index in [0.717, 1.165) is 41.5 Å². The van der Waals surface area contributed by atoms with Gasteiger partial charge in [0.1, 0.15) is 11.2 Å². The molecule has 0 saturated heterocycles. The summed E-state index contributed by atoms with van der Waals surface area (Å²) in [5, 5.41) is 20.0. The third-order valence-electron chi connectivity index (χ3n) is 6.41. The number of ether oxygens (including phenoxy) is 1. The van der Waals surface area contributed by atoms with E-state index in [1.54, 1.807) is 20.4 Å². The van der Waals surface area contributed by atoms with E-state index in [1.807, 2.05) is 6.07 Å². The lowest BCUT2D eigenvalue weighted by molar-refractivity contribution is -0.117. The van der Waals surface area contributed by atoms with Gasteiger partial charge in [-0.25, -0.2) is 4.98 Å². The van der Waals surface area contributed by atoms with Crippen LogP contribution in [0.25, 0.3) is 10.9 Å². The zero-order valence-corrected chi connectivity index (χ0v) is 18.0. The summed E-state index contributed by atoms with van der Waals surface area (Å²) in [6.07, 6.45) is 5.82. The first-order valence-corrected chi connectivity index (χ1v) is 10.9. The van der Waals surface area contributed by atoms with Crippen LogP contribution in [0.1, 0.15) is 47.8 Å². The molecule has 3 aromatic rings. The van der Waals surface area contributed by atoms with Gasteiger partial charge < -0.3 is 15.4 Å². The number of rotatable bonds is 5. The first-order chi connectivity index (χ1) is 15.7. The predicted octanol–water partition coefficient (Wildman–Crippen LogP) is 2.27. The van der Waals surface area contributed by atoms with Crippen LogP contribution in [0.4, 0.5) is 11.6 Å². The molecule has 162 valence electrons. The third-order valence-corrected chi connectivity index (χ3v) is 6.41. The largest absolute Gasteiger partial charge is 0.378 e. The van der Waals surface area contributed by atoms with Crippen molar-refractivity contribution in [1.82, 2.24) is 25.0 Å². The van der Waals surface area contributed by atoms with Gasteiger partial charge in [0.25, 0.3) is 0 Å². The predicted molar refractivity (Wildman–Crippen MR) is 118 cm³/mol. The molecule has 2 N–H and O–H groups in total. The Bertz CT molecular complexity index is 1320. The molecule has 2 fully saturated rings. The lowest BCUT2D eigenvalue weighted by atomic mass is 10.1. The van der Waals surface area contributed by atoms with Gasteiger partial charge >= 0.3 is 0 Å². The molecule has 2 saturated carbocycles. The molecular weight excluding hydrogens is 406 g/mol. The van der Waals surface area contributed by atoms with Crippen molar-refractivity contribution < 1.29 is 9.53 Å². The van der Waals surface area contributed by atoms with Crippen molar-refractivity contribution >= 4 is 28.4 Å². The molecular formula is C23H23N7O2. The quantitative estimate of drug-likeness (QED) is 0.599. The fourth-order valence-electron chi connectivity index (χ4n) is 4.45. The Morgan fingerprint density at radius 3 is 2.97 bits per heavy atom. The van der Waals surface area contributed by atoms with Gasteiger partial charge in [-0.1, -0.05) is 11.8 Å². The van der Waals surface area contributed by atoms with Gasteiger partial charge in [0, 0.05) is 31.7 Å². The van der Waals surface area contributed by atoms with Crippen molar-refractivity contribution in [1.29, 1.82) is 0 Å². The third kappa shape index (κ3) is 3.19. The summed E-state index contributed by atoms with van der Waals surface area (Å²) in [7, 11) is 3.46. The Kier molecular flexibility index (Phi) is 4.36. The maximum atomic E-state index is 12.2. The number of hydrogen-bond acceptors (Lipinski definition) is 7. The highest BCUT2D eigenvalue weighted by Gasteiger charge is 2.47. The fourth-order valence-corrected chi connectivity index (χ4v) is 4.45. The number of methoxy groups -OCH3 is 1. The average Bonchev–Trinajstić information content (AvgIpc) is 3.71. The highest BCUT2D eigenvalue weighted by atomic mass is 16.5. The lowest BCUT2D eigenvalue weighted by Gasteiger charge is -2.08. The number of carbonyl (C=O) groups is 1. The first-order valence-electron chi connectivity index (χ1n) is 10.9. The summed E-state index contributed by atoms with van der Waals surface area (Å²) in [5.41, 5.74) is 4.37. The van der Waals surface area contributed by atoms with Crippen molar-refractivity contribution in [3.8, 4) is 11.8 Å². The molecule has 9 heteroatoms. The van der Waals surface area contributed by atoms with E-state index in [4.69, 9.17) is 9.84 Å². The van der Waals surface area contributed by atoms with Crippen LogP contribution in [-0.4, -0.2) is 45.0 Å². The van der Waals surface area contributed by atoms with E-state index in [0.29, 0.717) is 35.7 Å². The van der Waals surface area contributed by atoms with E-state index in [1.165, 1.54) is 12.1 Å². The highest BCUT2D eigenvalue weighted by Crippen LogP contribution is 2.52. The number of aromatic nitrogens is 5. The second kappa shape index (κ2) is 7.28. The zero-order valence-electron chi connectivity index (χ0n) is 18.0. The molecule has 0 radical (unpaired) electrons. The summed E-state index contributed by atoms with van der Waals surface area (Å²) >= 11 is 0. The molecule has 3 aromatic heterocycles. The first kappa shape index (κ1) is 19.2. The molecule has 9 nitrogen and oxygen atoms in total. The summed E-state index contributed by atoms with van der Waals surface area (Å²) in [6, 6.07) is 2.35. The minimum absolute atomic E-state index is 0.00704. The van der Waals surface area contributed by atoms with Gasteiger partial charge in [-0.15, -0.1) is 10.2 Å². The van der Waals surface area contributed by atoms with Crippen LogP contribution in [0.15, 0.2) is 12.3 Å². The topological polar surface area (TPSA) is 107 Å². The van der Waals surface area contributed by atoms with Crippen LogP contribution in [0.5, 0.6) is 0 Å². The van der Waals surface area contributed by atoms with E-state index in [9.17, 15) is 4.79 Å². The standard InChI is InChI=1S/C23H23N7O2/c1-24-22-21-16(9-20(27-28-21)26-23(31)12-3-4-12)13(10-25-22)5-6-15-17(11-32-2)29-30-18-7-14(18)8-19(15)30/h9-10,12,14,18H,3-4,7-8,11H2,1-2H3,(H,24,25)(H,26,27,31)/t14-,18-/m1/s1. The van der Waals surface area contributed by atoms with Gasteiger partial charge in [0.05, 0.1) is 29.5 Å². The Hall–Kier alpha value is -3.51. The number of hydrogen-bond donors (Lipinski definition) is 2. The Labute approximate surface area is 185 Å². The van der Waals surface area contributed by atoms with Crippen LogP contribution < -0.4 is 10.6 Å². The van der Waals surface area contributed by atoms with Crippen LogP contribution in [-0.2, 0) is 22.6 Å². The van der Waals surface area contributed by atoms with E-state index in [-0.39, 0.29) is 11.8 Å². The van der Waals surface area contributed by atoms with Crippen molar-refractivity contribution in [3.63, 3.8) is 0 Å². The molecule has 0 unspecified atom stereocenters. The van der Waals surface area contributed by atoms with Crippen LogP contribution in [0, 0.1) is 23.7 Å². The van der Waals surface area contributed by atoms with Crippen molar-refractivity contribution in [2.45, 2.75) is 38.3 Å².